The zero-order valence-electron chi connectivity index (χ0n) is 13.5. The number of carbonyl (C=O) groups excluding carboxylic acids is 1. The van der Waals surface area contributed by atoms with E-state index in [0.29, 0.717) is 17.2 Å². The molecule has 0 aliphatic rings. The smallest absolute Gasteiger partial charge is 0.346 e. The molecule has 124 valence electrons. The van der Waals surface area contributed by atoms with Crippen LogP contribution in [0.1, 0.15) is 5.69 Å². The van der Waals surface area contributed by atoms with Crippen LogP contribution in [0.2, 0.25) is 0 Å². The minimum atomic E-state index is -0.352. The number of fused-ring (bicyclic) bond motifs is 1. The van der Waals surface area contributed by atoms with Crippen LogP contribution in [0.15, 0.2) is 60.9 Å². The van der Waals surface area contributed by atoms with Crippen molar-refractivity contribution in [2.75, 3.05) is 11.1 Å². The van der Waals surface area contributed by atoms with Gasteiger partial charge in [-0.15, -0.1) is 5.10 Å². The molecule has 0 spiro atoms. The quantitative estimate of drug-likeness (QED) is 0.590. The van der Waals surface area contributed by atoms with Gasteiger partial charge in [0.25, 0.3) is 0 Å². The third-order valence-electron chi connectivity index (χ3n) is 3.95. The average Bonchev–Trinajstić information content (AvgIpc) is 3.18. The third kappa shape index (κ3) is 2.72. The summed E-state index contributed by atoms with van der Waals surface area (Å²) in [5.41, 5.74) is 9.89. The van der Waals surface area contributed by atoms with Crippen LogP contribution in [0, 0.1) is 6.92 Å². The first-order valence-electron chi connectivity index (χ1n) is 7.78. The molecule has 0 bridgehead atoms. The topological polar surface area (TPSA) is 90.8 Å². The van der Waals surface area contributed by atoms with E-state index in [2.05, 4.69) is 15.4 Å². The summed E-state index contributed by atoms with van der Waals surface area (Å²) < 4.78 is 3.24. The highest BCUT2D eigenvalue weighted by atomic mass is 16.2. The summed E-state index contributed by atoms with van der Waals surface area (Å²) in [7, 11) is 0. The number of anilines is 2. The zero-order valence-corrected chi connectivity index (χ0v) is 13.5. The molecular formula is C18H16N6O. The molecule has 1 amide bonds. The van der Waals surface area contributed by atoms with Gasteiger partial charge in [-0.2, -0.15) is 4.68 Å². The molecule has 0 saturated heterocycles. The largest absolute Gasteiger partial charge is 0.382 e. The van der Waals surface area contributed by atoms with Gasteiger partial charge >= 0.3 is 6.03 Å². The molecule has 4 rings (SSSR count). The lowest BCUT2D eigenvalue weighted by Gasteiger charge is -2.08. The highest BCUT2D eigenvalue weighted by molar-refractivity contribution is 5.91. The molecule has 3 N–H and O–H groups in total. The van der Waals surface area contributed by atoms with Gasteiger partial charge in [0.2, 0.25) is 0 Å². The molecule has 2 heterocycles. The zero-order chi connectivity index (χ0) is 17.4. The third-order valence-corrected chi connectivity index (χ3v) is 3.95. The number of nitrogens with two attached hydrogens (primary N) is 1. The van der Waals surface area contributed by atoms with Gasteiger partial charge < -0.3 is 11.1 Å². The normalized spacial score (nSPS) is 10.9. The number of rotatable bonds is 2. The predicted molar refractivity (Wildman–Crippen MR) is 96.9 cm³/mol. The summed E-state index contributed by atoms with van der Waals surface area (Å²) in [5, 5.41) is 6.77. The fraction of sp³-hybridized carbons (Fsp3) is 0.0556. The molecule has 7 heteroatoms. The van der Waals surface area contributed by atoms with E-state index in [1.807, 2.05) is 53.1 Å². The molecule has 7 nitrogen and oxygen atoms in total. The van der Waals surface area contributed by atoms with Crippen molar-refractivity contribution in [2.24, 2.45) is 0 Å². The molecule has 0 aliphatic heterocycles. The van der Waals surface area contributed by atoms with E-state index in [-0.39, 0.29) is 6.03 Å². The second-order valence-corrected chi connectivity index (χ2v) is 5.70. The number of hydrogen-bond donors (Lipinski definition) is 2. The molecule has 0 unspecified atom stereocenters. The van der Waals surface area contributed by atoms with E-state index < -0.39 is 0 Å². The summed E-state index contributed by atoms with van der Waals surface area (Å²) in [4.78, 5) is 16.6. The maximum absolute atomic E-state index is 12.3. The lowest BCUT2D eigenvalue weighted by atomic mass is 10.2. The maximum Gasteiger partial charge on any atom is 0.346 e. The molecule has 0 radical (unpaired) electrons. The number of nitrogens with zero attached hydrogens (tertiary/aromatic N) is 4. The number of imidazole rings is 1. The van der Waals surface area contributed by atoms with E-state index in [0.717, 1.165) is 16.7 Å². The first kappa shape index (κ1) is 14.9. The summed E-state index contributed by atoms with van der Waals surface area (Å²) in [6.45, 7) is 1.77. The Morgan fingerprint density at radius 2 is 1.88 bits per heavy atom. The van der Waals surface area contributed by atoms with E-state index in [4.69, 9.17) is 5.73 Å². The Morgan fingerprint density at radius 1 is 1.12 bits per heavy atom. The van der Waals surface area contributed by atoms with Gasteiger partial charge in [-0.25, -0.2) is 9.78 Å². The van der Waals surface area contributed by atoms with Crippen molar-refractivity contribution >= 4 is 28.6 Å². The lowest BCUT2D eigenvalue weighted by molar-refractivity contribution is 0.250. The molecule has 4 aromatic rings. The monoisotopic (exact) mass is 332 g/mol. The summed E-state index contributed by atoms with van der Waals surface area (Å²) >= 11 is 0. The summed E-state index contributed by atoms with van der Waals surface area (Å²) in [6.07, 6.45) is 1.79. The predicted octanol–water partition coefficient (Wildman–Crippen LogP) is 3.19. The average molecular weight is 332 g/mol. The first-order valence-corrected chi connectivity index (χ1v) is 7.78. The molecule has 0 fully saturated rings. The Labute approximate surface area is 143 Å². The number of benzene rings is 2. The molecule has 0 saturated carbocycles. The lowest BCUT2D eigenvalue weighted by Crippen LogP contribution is -2.21. The molecule has 25 heavy (non-hydrogen) atoms. The molecule has 2 aromatic heterocycles. The minimum absolute atomic E-state index is 0.315. The second-order valence-electron chi connectivity index (χ2n) is 5.70. The Morgan fingerprint density at radius 3 is 2.60 bits per heavy atom. The van der Waals surface area contributed by atoms with Gasteiger partial charge in [0.15, 0.2) is 0 Å². The van der Waals surface area contributed by atoms with Gasteiger partial charge in [-0.1, -0.05) is 12.1 Å². The minimum Gasteiger partial charge on any atom is -0.382 e. The van der Waals surface area contributed by atoms with Gasteiger partial charge in [0.05, 0.1) is 11.0 Å². The molecule has 0 aliphatic carbocycles. The van der Waals surface area contributed by atoms with Crippen LogP contribution in [0.4, 0.5) is 16.3 Å². The van der Waals surface area contributed by atoms with E-state index in [1.165, 1.54) is 4.68 Å². The van der Waals surface area contributed by atoms with E-state index in [1.54, 1.807) is 19.3 Å². The highest BCUT2D eigenvalue weighted by Gasteiger charge is 2.11. The van der Waals surface area contributed by atoms with Gasteiger partial charge in [-0.3, -0.25) is 4.57 Å². The van der Waals surface area contributed by atoms with Crippen LogP contribution in [0.5, 0.6) is 0 Å². The van der Waals surface area contributed by atoms with E-state index >= 15 is 0 Å². The molecule has 2 aromatic carbocycles. The molecule has 0 atom stereocenters. The van der Waals surface area contributed by atoms with Gasteiger partial charge in [-0.05, 0) is 43.3 Å². The van der Waals surface area contributed by atoms with Crippen molar-refractivity contribution in [3.05, 3.63) is 66.6 Å². The maximum atomic E-state index is 12.3. The Bertz CT molecular complexity index is 1060. The Hall–Kier alpha value is -3.61. The van der Waals surface area contributed by atoms with Crippen LogP contribution in [-0.4, -0.2) is 25.4 Å². The number of aromatic nitrogens is 4. The number of hydrogen-bond acceptors (Lipinski definition) is 4. The SMILES string of the molecule is Cc1cc(N)nn1C(=O)Nc1ccc(-n2cnc3ccccc32)cc1. The number of amides is 1. The number of nitrogens with one attached hydrogen (secondary N) is 1. The fourth-order valence-corrected chi connectivity index (χ4v) is 2.75. The standard InChI is InChI=1S/C18H16N6O/c1-12-10-17(19)22-24(12)18(25)21-13-6-8-14(9-7-13)23-11-20-15-4-2-3-5-16(15)23/h2-11H,1H3,(H2,19,22)(H,21,25). The Kier molecular flexibility index (Phi) is 3.46. The van der Waals surface area contributed by atoms with Crippen LogP contribution in [-0.2, 0) is 0 Å². The first-order chi connectivity index (χ1) is 12.1. The van der Waals surface area contributed by atoms with Crippen LogP contribution >= 0.6 is 0 Å². The number of nitrogen functional groups attached to an aromatic ring is 1. The number of para-hydroxylation sites is 2. The Balaban J connectivity index is 1.58. The van der Waals surface area contributed by atoms with Crippen molar-refractivity contribution < 1.29 is 4.79 Å². The second kappa shape index (κ2) is 5.79. The van der Waals surface area contributed by atoms with Crippen molar-refractivity contribution in [1.82, 2.24) is 19.3 Å². The van der Waals surface area contributed by atoms with Crippen molar-refractivity contribution in [2.45, 2.75) is 6.92 Å². The van der Waals surface area contributed by atoms with Gasteiger partial charge in [0.1, 0.15) is 12.1 Å². The number of aryl methyl sites for hydroxylation is 1. The van der Waals surface area contributed by atoms with Gasteiger partial charge in [0, 0.05) is 23.1 Å². The van der Waals surface area contributed by atoms with Crippen LogP contribution < -0.4 is 11.1 Å². The van der Waals surface area contributed by atoms with Crippen molar-refractivity contribution in [3.63, 3.8) is 0 Å². The van der Waals surface area contributed by atoms with Crippen LogP contribution in [0.25, 0.3) is 16.7 Å². The summed E-state index contributed by atoms with van der Waals surface area (Å²) in [6, 6.07) is 16.7. The summed E-state index contributed by atoms with van der Waals surface area (Å²) in [5.74, 6) is 0.315. The number of carbonyl (C=O) groups is 1. The molecular weight excluding hydrogens is 316 g/mol. The fourth-order valence-electron chi connectivity index (χ4n) is 2.75. The van der Waals surface area contributed by atoms with Crippen molar-refractivity contribution in [1.29, 1.82) is 0 Å². The van der Waals surface area contributed by atoms with E-state index in [9.17, 15) is 4.79 Å². The highest BCUT2D eigenvalue weighted by Crippen LogP contribution is 2.19. The van der Waals surface area contributed by atoms with Crippen LogP contribution in [0.3, 0.4) is 0 Å². The van der Waals surface area contributed by atoms with Crippen molar-refractivity contribution in [3.8, 4) is 5.69 Å².